The van der Waals surface area contributed by atoms with Crippen molar-refractivity contribution in [3.8, 4) is 0 Å². The number of carbonyl (C=O) groups is 1. The summed E-state index contributed by atoms with van der Waals surface area (Å²) in [7, 11) is 1.68. The molecule has 0 saturated carbocycles. The molecule has 0 bridgehead atoms. The van der Waals surface area contributed by atoms with E-state index >= 15 is 0 Å². The van der Waals surface area contributed by atoms with Crippen LogP contribution in [0.4, 0.5) is 11.4 Å². The quantitative estimate of drug-likeness (QED) is 0.577. The van der Waals surface area contributed by atoms with Gasteiger partial charge in [-0.15, -0.1) is 0 Å². The maximum Gasteiger partial charge on any atom is 0.234 e. The molecule has 1 aromatic rings. The molecule has 0 aliphatic carbocycles. The molecule has 3 N–H and O–H groups in total. The van der Waals surface area contributed by atoms with Gasteiger partial charge in [0, 0.05) is 25.1 Å². The van der Waals surface area contributed by atoms with Gasteiger partial charge < -0.3 is 15.8 Å². The highest BCUT2D eigenvalue weighted by Gasteiger charge is 2.02. The topological polar surface area (TPSA) is 64.3 Å². The molecule has 0 aliphatic rings. The standard InChI is InChI=1S/C12H18N2O2S/c1-16-7-2-8-17-9-12(15)14-11-5-3-10(13)4-6-11/h3-6H,2,7-9,13H2,1H3,(H,14,15). The highest BCUT2D eigenvalue weighted by molar-refractivity contribution is 7.99. The zero-order valence-electron chi connectivity index (χ0n) is 9.94. The summed E-state index contributed by atoms with van der Waals surface area (Å²) in [6.45, 7) is 0.743. The van der Waals surface area contributed by atoms with Gasteiger partial charge in [-0.3, -0.25) is 4.79 Å². The number of nitrogens with two attached hydrogens (primary N) is 1. The fraction of sp³-hybridized carbons (Fsp3) is 0.417. The first-order chi connectivity index (χ1) is 8.22. The molecule has 4 nitrogen and oxygen atoms in total. The van der Waals surface area contributed by atoms with Gasteiger partial charge in [-0.1, -0.05) is 0 Å². The zero-order valence-corrected chi connectivity index (χ0v) is 10.8. The van der Waals surface area contributed by atoms with Crippen LogP contribution >= 0.6 is 11.8 Å². The minimum Gasteiger partial charge on any atom is -0.399 e. The van der Waals surface area contributed by atoms with Gasteiger partial charge in [0.1, 0.15) is 0 Å². The van der Waals surface area contributed by atoms with Gasteiger partial charge in [0.05, 0.1) is 5.75 Å². The molecule has 0 aromatic heterocycles. The van der Waals surface area contributed by atoms with Crippen molar-refractivity contribution in [1.82, 2.24) is 0 Å². The van der Waals surface area contributed by atoms with Crippen molar-refractivity contribution < 1.29 is 9.53 Å². The Labute approximate surface area is 106 Å². The van der Waals surface area contributed by atoms with Crippen LogP contribution in [0.1, 0.15) is 6.42 Å². The third-order valence-corrected chi connectivity index (χ3v) is 3.11. The van der Waals surface area contributed by atoms with Gasteiger partial charge in [0.15, 0.2) is 0 Å². The molecule has 0 spiro atoms. The maximum atomic E-state index is 11.5. The fourth-order valence-corrected chi connectivity index (χ4v) is 1.96. The van der Waals surface area contributed by atoms with E-state index in [1.54, 1.807) is 43.1 Å². The lowest BCUT2D eigenvalue weighted by Gasteiger charge is -2.05. The number of anilines is 2. The average Bonchev–Trinajstić information content (AvgIpc) is 2.32. The number of hydrogen-bond donors (Lipinski definition) is 2. The van der Waals surface area contributed by atoms with E-state index in [1.807, 2.05) is 0 Å². The second-order valence-corrected chi connectivity index (χ2v) is 4.67. The van der Waals surface area contributed by atoms with Crippen molar-refractivity contribution in [2.45, 2.75) is 6.42 Å². The first-order valence-electron chi connectivity index (χ1n) is 5.44. The Balaban J connectivity index is 2.18. The van der Waals surface area contributed by atoms with Crippen molar-refractivity contribution in [3.05, 3.63) is 24.3 Å². The molecule has 1 aromatic carbocycles. The summed E-state index contributed by atoms with van der Waals surface area (Å²) in [6, 6.07) is 7.12. The van der Waals surface area contributed by atoms with Crippen LogP contribution in [0.25, 0.3) is 0 Å². The molecular weight excluding hydrogens is 236 g/mol. The predicted molar refractivity (Wildman–Crippen MR) is 73.3 cm³/mol. The fourth-order valence-electron chi connectivity index (χ4n) is 1.23. The van der Waals surface area contributed by atoms with Crippen molar-refractivity contribution >= 4 is 29.0 Å². The lowest BCUT2D eigenvalue weighted by molar-refractivity contribution is -0.113. The van der Waals surface area contributed by atoms with Crippen LogP contribution in [-0.4, -0.2) is 31.1 Å². The van der Waals surface area contributed by atoms with Crippen molar-refractivity contribution in [1.29, 1.82) is 0 Å². The van der Waals surface area contributed by atoms with Gasteiger partial charge in [0.25, 0.3) is 0 Å². The number of nitrogens with one attached hydrogen (secondary N) is 1. The molecule has 1 amide bonds. The van der Waals surface area contributed by atoms with Crippen LogP contribution < -0.4 is 11.1 Å². The Morgan fingerprint density at radius 2 is 2.12 bits per heavy atom. The molecule has 5 heteroatoms. The van der Waals surface area contributed by atoms with E-state index < -0.39 is 0 Å². The number of nitrogen functional groups attached to an aromatic ring is 1. The summed E-state index contributed by atoms with van der Waals surface area (Å²) >= 11 is 1.61. The molecule has 17 heavy (non-hydrogen) atoms. The molecule has 0 radical (unpaired) electrons. The summed E-state index contributed by atoms with van der Waals surface area (Å²) in [4.78, 5) is 11.5. The second-order valence-electron chi connectivity index (χ2n) is 3.57. The summed E-state index contributed by atoms with van der Waals surface area (Å²) < 4.78 is 4.93. The highest BCUT2D eigenvalue weighted by Crippen LogP contribution is 2.11. The van der Waals surface area contributed by atoms with E-state index in [1.165, 1.54) is 0 Å². The molecule has 0 fully saturated rings. The van der Waals surface area contributed by atoms with Crippen LogP contribution in [0.3, 0.4) is 0 Å². The summed E-state index contributed by atoms with van der Waals surface area (Å²) in [5, 5.41) is 2.81. The number of amides is 1. The summed E-state index contributed by atoms with van der Waals surface area (Å²) in [5.74, 6) is 1.41. The lowest BCUT2D eigenvalue weighted by atomic mass is 10.3. The van der Waals surface area contributed by atoms with E-state index in [0.29, 0.717) is 11.4 Å². The van der Waals surface area contributed by atoms with Crippen LogP contribution in [0.2, 0.25) is 0 Å². The largest absolute Gasteiger partial charge is 0.399 e. The molecule has 1 rings (SSSR count). The summed E-state index contributed by atoms with van der Waals surface area (Å²) in [6.07, 6.45) is 0.969. The average molecular weight is 254 g/mol. The maximum absolute atomic E-state index is 11.5. The Morgan fingerprint density at radius 3 is 2.76 bits per heavy atom. The normalized spacial score (nSPS) is 10.2. The first-order valence-corrected chi connectivity index (χ1v) is 6.60. The second kappa shape index (κ2) is 7.97. The van der Waals surface area contributed by atoms with E-state index in [0.717, 1.165) is 24.5 Å². The van der Waals surface area contributed by atoms with Crippen LogP contribution in [0.15, 0.2) is 24.3 Å². The van der Waals surface area contributed by atoms with Gasteiger partial charge in [-0.2, -0.15) is 11.8 Å². The van der Waals surface area contributed by atoms with Crippen molar-refractivity contribution in [2.75, 3.05) is 36.3 Å². The predicted octanol–water partition coefficient (Wildman–Crippen LogP) is 1.98. The van der Waals surface area contributed by atoms with Crippen LogP contribution in [0, 0.1) is 0 Å². The molecule has 0 atom stereocenters. The van der Waals surface area contributed by atoms with Crippen molar-refractivity contribution in [3.63, 3.8) is 0 Å². The number of rotatable bonds is 7. The Morgan fingerprint density at radius 1 is 1.41 bits per heavy atom. The highest BCUT2D eigenvalue weighted by atomic mass is 32.2. The third kappa shape index (κ3) is 6.19. The van der Waals surface area contributed by atoms with Gasteiger partial charge in [-0.25, -0.2) is 0 Å². The van der Waals surface area contributed by atoms with E-state index in [4.69, 9.17) is 10.5 Å². The van der Waals surface area contributed by atoms with E-state index in [9.17, 15) is 4.79 Å². The van der Waals surface area contributed by atoms with E-state index in [2.05, 4.69) is 5.32 Å². The third-order valence-electron chi connectivity index (χ3n) is 2.06. The van der Waals surface area contributed by atoms with Gasteiger partial charge >= 0.3 is 0 Å². The molecule has 0 aliphatic heterocycles. The molecule has 0 heterocycles. The summed E-state index contributed by atoms with van der Waals surface area (Å²) in [5.41, 5.74) is 7.03. The monoisotopic (exact) mass is 254 g/mol. The molecule has 0 saturated heterocycles. The lowest BCUT2D eigenvalue weighted by Crippen LogP contribution is -2.14. The number of methoxy groups -OCH3 is 1. The number of hydrogen-bond acceptors (Lipinski definition) is 4. The zero-order chi connectivity index (χ0) is 12.5. The number of carbonyl (C=O) groups excluding carboxylic acids is 1. The molecule has 0 unspecified atom stereocenters. The number of benzene rings is 1. The van der Waals surface area contributed by atoms with Gasteiger partial charge in [0.2, 0.25) is 5.91 Å². The number of thioether (sulfide) groups is 1. The smallest absolute Gasteiger partial charge is 0.234 e. The van der Waals surface area contributed by atoms with E-state index in [-0.39, 0.29) is 5.91 Å². The van der Waals surface area contributed by atoms with Crippen LogP contribution in [0.5, 0.6) is 0 Å². The Hall–Kier alpha value is -1.20. The Kier molecular flexibility index (Phi) is 6.50. The SMILES string of the molecule is COCCCSCC(=O)Nc1ccc(N)cc1. The molecule has 94 valence electrons. The van der Waals surface area contributed by atoms with Crippen LogP contribution in [-0.2, 0) is 9.53 Å². The minimum absolute atomic E-state index is 0.0113. The number of ether oxygens (including phenoxy) is 1. The van der Waals surface area contributed by atoms with Gasteiger partial charge in [-0.05, 0) is 36.4 Å². The first kappa shape index (κ1) is 13.9. The van der Waals surface area contributed by atoms with Crippen molar-refractivity contribution in [2.24, 2.45) is 0 Å². The Bertz CT molecular complexity index is 341. The molecular formula is C12H18N2O2S. The minimum atomic E-state index is 0.0113.